The van der Waals surface area contributed by atoms with Gasteiger partial charge in [0.05, 0.1) is 0 Å². The van der Waals surface area contributed by atoms with E-state index in [0.717, 1.165) is 12.0 Å². The first-order valence-corrected chi connectivity index (χ1v) is 7.24. The lowest BCUT2D eigenvalue weighted by molar-refractivity contribution is 0.114. The van der Waals surface area contributed by atoms with Gasteiger partial charge in [-0.05, 0) is 18.9 Å². The molecule has 0 aromatic carbocycles. The lowest BCUT2D eigenvalue weighted by Crippen LogP contribution is -2.54. The SMILES string of the molecule is CCCCCCN1CCNCC1C(C)CC. The number of hydrogen-bond donors (Lipinski definition) is 1. The maximum Gasteiger partial charge on any atom is 0.0246 e. The predicted molar refractivity (Wildman–Crippen MR) is 71.8 cm³/mol. The van der Waals surface area contributed by atoms with E-state index in [-0.39, 0.29) is 0 Å². The van der Waals surface area contributed by atoms with Crippen LogP contribution in [-0.2, 0) is 0 Å². The zero-order chi connectivity index (χ0) is 11.8. The van der Waals surface area contributed by atoms with Crippen molar-refractivity contribution < 1.29 is 0 Å². The zero-order valence-corrected chi connectivity index (χ0v) is 11.5. The van der Waals surface area contributed by atoms with Gasteiger partial charge in [-0.25, -0.2) is 0 Å². The molecule has 2 unspecified atom stereocenters. The van der Waals surface area contributed by atoms with Gasteiger partial charge in [0.15, 0.2) is 0 Å². The van der Waals surface area contributed by atoms with Crippen molar-refractivity contribution >= 4 is 0 Å². The highest BCUT2D eigenvalue weighted by Crippen LogP contribution is 2.17. The Labute approximate surface area is 102 Å². The first-order chi connectivity index (χ1) is 7.79. The second-order valence-corrected chi connectivity index (χ2v) is 5.25. The van der Waals surface area contributed by atoms with E-state index in [4.69, 9.17) is 0 Å². The summed E-state index contributed by atoms with van der Waals surface area (Å²) in [4.78, 5) is 2.72. The molecular formula is C14H30N2. The smallest absolute Gasteiger partial charge is 0.0246 e. The summed E-state index contributed by atoms with van der Waals surface area (Å²) in [6, 6.07) is 0.778. The van der Waals surface area contributed by atoms with Crippen LogP contribution in [0.5, 0.6) is 0 Å². The van der Waals surface area contributed by atoms with Crippen molar-refractivity contribution in [3.63, 3.8) is 0 Å². The summed E-state index contributed by atoms with van der Waals surface area (Å²) in [6.07, 6.45) is 6.85. The van der Waals surface area contributed by atoms with Crippen LogP contribution in [0.4, 0.5) is 0 Å². The molecule has 96 valence electrons. The van der Waals surface area contributed by atoms with Gasteiger partial charge >= 0.3 is 0 Å². The fraction of sp³-hybridized carbons (Fsp3) is 1.00. The molecule has 1 aliphatic rings. The number of unbranched alkanes of at least 4 members (excludes halogenated alkanes) is 3. The lowest BCUT2D eigenvalue weighted by Gasteiger charge is -2.39. The van der Waals surface area contributed by atoms with Crippen LogP contribution in [0.3, 0.4) is 0 Å². The normalized spacial score (nSPS) is 24.6. The van der Waals surface area contributed by atoms with Gasteiger partial charge in [0, 0.05) is 25.7 Å². The van der Waals surface area contributed by atoms with Gasteiger partial charge in [-0.2, -0.15) is 0 Å². The van der Waals surface area contributed by atoms with Crippen LogP contribution in [-0.4, -0.2) is 37.1 Å². The molecular weight excluding hydrogens is 196 g/mol. The molecule has 1 aliphatic heterocycles. The molecule has 0 aromatic rings. The van der Waals surface area contributed by atoms with Gasteiger partial charge in [-0.1, -0.05) is 46.5 Å². The van der Waals surface area contributed by atoms with Crippen molar-refractivity contribution in [3.8, 4) is 0 Å². The maximum atomic E-state index is 3.54. The number of hydrogen-bond acceptors (Lipinski definition) is 2. The minimum absolute atomic E-state index is 0.778. The van der Waals surface area contributed by atoms with Gasteiger partial charge in [-0.15, -0.1) is 0 Å². The summed E-state index contributed by atoms with van der Waals surface area (Å²) in [5, 5.41) is 3.54. The quantitative estimate of drug-likeness (QED) is 0.672. The molecule has 0 aromatic heterocycles. The second-order valence-electron chi connectivity index (χ2n) is 5.25. The van der Waals surface area contributed by atoms with E-state index in [1.807, 2.05) is 0 Å². The molecule has 2 nitrogen and oxygen atoms in total. The van der Waals surface area contributed by atoms with Crippen molar-refractivity contribution in [3.05, 3.63) is 0 Å². The molecule has 0 radical (unpaired) electrons. The van der Waals surface area contributed by atoms with Crippen molar-refractivity contribution in [2.24, 2.45) is 5.92 Å². The Morgan fingerprint density at radius 2 is 2.06 bits per heavy atom. The first-order valence-electron chi connectivity index (χ1n) is 7.24. The van der Waals surface area contributed by atoms with Gasteiger partial charge in [-0.3, -0.25) is 4.90 Å². The molecule has 0 aliphatic carbocycles. The van der Waals surface area contributed by atoms with E-state index in [1.165, 1.54) is 58.3 Å². The van der Waals surface area contributed by atoms with Crippen LogP contribution in [0.1, 0.15) is 52.9 Å². The number of nitrogens with one attached hydrogen (secondary N) is 1. The molecule has 1 N–H and O–H groups in total. The lowest BCUT2D eigenvalue weighted by atomic mass is 9.95. The highest BCUT2D eigenvalue weighted by atomic mass is 15.2. The molecule has 0 spiro atoms. The molecule has 2 heteroatoms. The van der Waals surface area contributed by atoms with Crippen LogP contribution in [0.25, 0.3) is 0 Å². The summed E-state index contributed by atoms with van der Waals surface area (Å²) >= 11 is 0. The maximum absolute atomic E-state index is 3.54. The summed E-state index contributed by atoms with van der Waals surface area (Å²) in [7, 11) is 0. The largest absolute Gasteiger partial charge is 0.314 e. The Morgan fingerprint density at radius 1 is 1.25 bits per heavy atom. The summed E-state index contributed by atoms with van der Waals surface area (Å²) in [5.41, 5.74) is 0. The van der Waals surface area contributed by atoms with Gasteiger partial charge < -0.3 is 5.32 Å². The third-order valence-corrected chi connectivity index (χ3v) is 4.00. The second kappa shape index (κ2) is 8.08. The van der Waals surface area contributed by atoms with Gasteiger partial charge in [0.25, 0.3) is 0 Å². The van der Waals surface area contributed by atoms with E-state index in [9.17, 15) is 0 Å². The summed E-state index contributed by atoms with van der Waals surface area (Å²) in [6.45, 7) is 11.9. The van der Waals surface area contributed by atoms with Crippen LogP contribution >= 0.6 is 0 Å². The number of piperazine rings is 1. The molecule has 2 atom stereocenters. The number of rotatable bonds is 7. The Bertz CT molecular complexity index is 170. The predicted octanol–water partition coefficient (Wildman–Crippen LogP) is 2.89. The minimum Gasteiger partial charge on any atom is -0.314 e. The molecule has 1 heterocycles. The third-order valence-electron chi connectivity index (χ3n) is 4.00. The molecule has 0 saturated carbocycles. The summed E-state index contributed by atoms with van der Waals surface area (Å²) < 4.78 is 0. The zero-order valence-electron chi connectivity index (χ0n) is 11.5. The fourth-order valence-electron chi connectivity index (χ4n) is 2.62. The molecule has 1 fully saturated rings. The van der Waals surface area contributed by atoms with Crippen molar-refractivity contribution in [1.29, 1.82) is 0 Å². The Kier molecular flexibility index (Phi) is 7.06. The average molecular weight is 226 g/mol. The van der Waals surface area contributed by atoms with E-state index < -0.39 is 0 Å². The van der Waals surface area contributed by atoms with Crippen LogP contribution < -0.4 is 5.32 Å². The molecule has 16 heavy (non-hydrogen) atoms. The highest BCUT2D eigenvalue weighted by Gasteiger charge is 2.25. The van der Waals surface area contributed by atoms with Crippen molar-refractivity contribution in [2.45, 2.75) is 58.9 Å². The van der Waals surface area contributed by atoms with Crippen LogP contribution in [0, 0.1) is 5.92 Å². The topological polar surface area (TPSA) is 15.3 Å². The summed E-state index contributed by atoms with van der Waals surface area (Å²) in [5.74, 6) is 0.832. The van der Waals surface area contributed by atoms with Gasteiger partial charge in [0.2, 0.25) is 0 Å². The Balaban J connectivity index is 2.29. The van der Waals surface area contributed by atoms with E-state index in [1.54, 1.807) is 0 Å². The van der Waals surface area contributed by atoms with Crippen LogP contribution in [0.15, 0.2) is 0 Å². The molecule has 1 rings (SSSR count). The van der Waals surface area contributed by atoms with E-state index in [2.05, 4.69) is 31.0 Å². The monoisotopic (exact) mass is 226 g/mol. The van der Waals surface area contributed by atoms with E-state index in [0.29, 0.717) is 0 Å². The standard InChI is InChI=1S/C14H30N2/c1-4-6-7-8-10-16-11-9-15-12-14(16)13(3)5-2/h13-15H,4-12H2,1-3H3. The average Bonchev–Trinajstić information content (AvgIpc) is 2.34. The third kappa shape index (κ3) is 4.42. The van der Waals surface area contributed by atoms with Crippen molar-refractivity contribution in [2.75, 3.05) is 26.2 Å². The number of nitrogens with zero attached hydrogens (tertiary/aromatic N) is 1. The molecule has 0 bridgehead atoms. The van der Waals surface area contributed by atoms with Gasteiger partial charge in [0.1, 0.15) is 0 Å². The van der Waals surface area contributed by atoms with Crippen molar-refractivity contribution in [1.82, 2.24) is 10.2 Å². The Hall–Kier alpha value is -0.0800. The molecule has 0 amide bonds. The molecule has 1 saturated heterocycles. The minimum atomic E-state index is 0.778. The highest BCUT2D eigenvalue weighted by molar-refractivity contribution is 4.83. The van der Waals surface area contributed by atoms with E-state index >= 15 is 0 Å². The van der Waals surface area contributed by atoms with Crippen LogP contribution in [0.2, 0.25) is 0 Å². The first kappa shape index (κ1) is 14.0. The Morgan fingerprint density at radius 3 is 2.75 bits per heavy atom. The fourth-order valence-corrected chi connectivity index (χ4v) is 2.62.